The van der Waals surface area contributed by atoms with Gasteiger partial charge in [-0.1, -0.05) is 61.8 Å². The van der Waals surface area contributed by atoms with E-state index < -0.39 is 0 Å². The zero-order chi connectivity index (χ0) is 22.9. The second kappa shape index (κ2) is 12.0. The van der Waals surface area contributed by atoms with Crippen LogP contribution in [0.5, 0.6) is 0 Å². The third-order valence-electron chi connectivity index (χ3n) is 5.94. The van der Waals surface area contributed by atoms with E-state index in [0.29, 0.717) is 22.9 Å². The highest BCUT2D eigenvalue weighted by Crippen LogP contribution is 2.46. The van der Waals surface area contributed by atoms with E-state index in [0.717, 1.165) is 38.9 Å². The first-order valence-electron chi connectivity index (χ1n) is 11.6. The highest BCUT2D eigenvalue weighted by molar-refractivity contribution is 4.93. The van der Waals surface area contributed by atoms with E-state index in [1.165, 1.54) is 19.3 Å². The average molecular weight is 415 g/mol. The van der Waals surface area contributed by atoms with Gasteiger partial charge in [0.25, 0.3) is 0 Å². The molecule has 0 aliphatic heterocycles. The van der Waals surface area contributed by atoms with Crippen molar-refractivity contribution in [1.82, 2.24) is 0 Å². The first-order chi connectivity index (χ1) is 13.2. The lowest BCUT2D eigenvalue weighted by molar-refractivity contribution is 0.0101. The molecule has 4 N–H and O–H groups in total. The minimum Gasteiger partial charge on any atom is -0.384 e. The van der Waals surface area contributed by atoms with Crippen molar-refractivity contribution in [2.75, 3.05) is 27.4 Å². The van der Waals surface area contributed by atoms with Crippen LogP contribution in [0.25, 0.3) is 0 Å². The van der Waals surface area contributed by atoms with Gasteiger partial charge in [0.2, 0.25) is 0 Å². The lowest BCUT2D eigenvalue weighted by atomic mass is 9.63. The molecular weight excluding hydrogens is 360 g/mol. The summed E-state index contributed by atoms with van der Waals surface area (Å²) in [5, 5.41) is 0. The van der Waals surface area contributed by atoms with Gasteiger partial charge >= 0.3 is 0 Å². The summed E-state index contributed by atoms with van der Waals surface area (Å²) in [6, 6.07) is 0.702. The van der Waals surface area contributed by atoms with E-state index in [9.17, 15) is 0 Å². The molecule has 0 radical (unpaired) electrons. The van der Waals surface area contributed by atoms with Crippen LogP contribution < -0.4 is 11.5 Å². The molecule has 176 valence electrons. The normalized spacial score (nSPS) is 35.6. The summed E-state index contributed by atoms with van der Waals surface area (Å²) in [6.45, 7) is 19.7. The van der Waals surface area contributed by atoms with Crippen LogP contribution in [0.4, 0.5) is 0 Å². The third-order valence-corrected chi connectivity index (χ3v) is 5.94. The zero-order valence-corrected chi connectivity index (χ0v) is 21.5. The Morgan fingerprint density at radius 2 is 0.931 bits per heavy atom. The number of rotatable bonds is 4. The van der Waals surface area contributed by atoms with Crippen LogP contribution >= 0.6 is 0 Å². The highest BCUT2D eigenvalue weighted by Gasteiger charge is 2.40. The molecule has 0 saturated heterocycles. The third kappa shape index (κ3) is 11.7. The number of hydrogen-bond acceptors (Lipinski definition) is 4. The maximum Gasteiger partial charge on any atom is 0.0516 e. The van der Waals surface area contributed by atoms with Gasteiger partial charge in [-0.25, -0.2) is 0 Å². The fourth-order valence-electron chi connectivity index (χ4n) is 6.35. The smallest absolute Gasteiger partial charge is 0.0516 e. The molecule has 0 heterocycles. The molecule has 4 nitrogen and oxygen atoms in total. The zero-order valence-electron chi connectivity index (χ0n) is 21.5. The van der Waals surface area contributed by atoms with Crippen LogP contribution in [0.2, 0.25) is 0 Å². The number of methoxy groups -OCH3 is 2. The molecule has 2 rings (SSSR count). The number of nitrogens with two attached hydrogens (primary N) is 2. The van der Waals surface area contributed by atoms with Crippen LogP contribution in [0.3, 0.4) is 0 Å². The van der Waals surface area contributed by atoms with Crippen LogP contribution in [0.15, 0.2) is 0 Å². The molecule has 4 heteroatoms. The molecule has 4 atom stereocenters. The quantitative estimate of drug-likeness (QED) is 0.612. The Hall–Kier alpha value is -0.160. The number of ether oxygens (including phenoxy) is 2. The minimum atomic E-state index is 0.288. The minimum absolute atomic E-state index is 0.288. The van der Waals surface area contributed by atoms with Crippen LogP contribution in [0.1, 0.15) is 100 Å². The predicted octanol–water partition coefficient (Wildman–Crippen LogP) is 5.77. The van der Waals surface area contributed by atoms with Crippen molar-refractivity contribution in [2.24, 2.45) is 33.1 Å². The van der Waals surface area contributed by atoms with Crippen molar-refractivity contribution in [3.8, 4) is 0 Å². The Balaban J connectivity index is 0.000000477. The van der Waals surface area contributed by atoms with Crippen LogP contribution in [-0.2, 0) is 9.47 Å². The molecule has 0 spiro atoms. The molecule has 0 aromatic rings. The summed E-state index contributed by atoms with van der Waals surface area (Å²) >= 11 is 0. The standard InChI is InChI=1S/2C11H23NO.C3H8/c2*1-10(2)5-9(12)6-11(3,7-10)8-13-4;1-3-2/h2*9H,5-8,12H2,1-4H3;3H2,1-2H3/t9?,11-;;/m1../s1. The van der Waals surface area contributed by atoms with E-state index in [1.54, 1.807) is 14.2 Å². The van der Waals surface area contributed by atoms with Gasteiger partial charge in [-0.15, -0.1) is 0 Å². The maximum absolute atomic E-state index is 6.06. The predicted molar refractivity (Wildman–Crippen MR) is 127 cm³/mol. The summed E-state index contributed by atoms with van der Waals surface area (Å²) in [5.74, 6) is 0. The van der Waals surface area contributed by atoms with Gasteiger partial charge in [-0.3, -0.25) is 0 Å². The topological polar surface area (TPSA) is 70.5 Å². The molecular formula is C25H54N2O2. The van der Waals surface area contributed by atoms with Crippen molar-refractivity contribution < 1.29 is 9.47 Å². The van der Waals surface area contributed by atoms with Crippen molar-refractivity contribution in [2.45, 2.75) is 112 Å². The Labute approximate surface area is 182 Å². The summed E-state index contributed by atoms with van der Waals surface area (Å²) in [7, 11) is 3.55. The van der Waals surface area contributed by atoms with Crippen LogP contribution in [0, 0.1) is 21.7 Å². The van der Waals surface area contributed by atoms with E-state index in [-0.39, 0.29) is 10.8 Å². The van der Waals surface area contributed by atoms with E-state index in [2.05, 4.69) is 55.4 Å². The van der Waals surface area contributed by atoms with Gasteiger partial charge in [0, 0.05) is 26.3 Å². The Bertz CT molecular complexity index is 412. The van der Waals surface area contributed by atoms with Crippen molar-refractivity contribution >= 4 is 0 Å². The molecule has 2 aliphatic carbocycles. The highest BCUT2D eigenvalue weighted by atomic mass is 16.5. The largest absolute Gasteiger partial charge is 0.384 e. The van der Waals surface area contributed by atoms with E-state index in [1.807, 2.05) is 0 Å². The molecule has 3 unspecified atom stereocenters. The Morgan fingerprint density at radius 1 is 0.655 bits per heavy atom. The fraction of sp³-hybridized carbons (Fsp3) is 1.00. The molecule has 2 aliphatic rings. The monoisotopic (exact) mass is 414 g/mol. The average Bonchev–Trinajstić information content (AvgIpc) is 2.42. The first-order valence-corrected chi connectivity index (χ1v) is 11.6. The lowest BCUT2D eigenvalue weighted by Crippen LogP contribution is -2.44. The van der Waals surface area contributed by atoms with E-state index >= 15 is 0 Å². The van der Waals surface area contributed by atoms with Gasteiger partial charge < -0.3 is 20.9 Å². The Morgan fingerprint density at radius 3 is 1.14 bits per heavy atom. The second-order valence-corrected chi connectivity index (χ2v) is 12.2. The summed E-state index contributed by atoms with van der Waals surface area (Å²) in [5.41, 5.74) is 13.5. The Kier molecular flexibility index (Phi) is 12.0. The van der Waals surface area contributed by atoms with Gasteiger partial charge in [-0.2, -0.15) is 0 Å². The van der Waals surface area contributed by atoms with E-state index in [4.69, 9.17) is 20.9 Å². The molecule has 29 heavy (non-hydrogen) atoms. The summed E-state index contributed by atoms with van der Waals surface area (Å²) < 4.78 is 10.5. The first kappa shape index (κ1) is 28.8. The molecule has 2 fully saturated rings. The van der Waals surface area contributed by atoms with Crippen molar-refractivity contribution in [3.05, 3.63) is 0 Å². The van der Waals surface area contributed by atoms with Gasteiger partial charge in [0.05, 0.1) is 13.2 Å². The van der Waals surface area contributed by atoms with Crippen molar-refractivity contribution in [1.29, 1.82) is 0 Å². The SMILES string of the molecule is CCC.COCC1(C)CC(N)CC(C)(C)C1.COC[C@]1(C)CC(N)CC(C)(C)C1. The number of hydrogen-bond donors (Lipinski definition) is 2. The molecule has 0 aromatic heterocycles. The fourth-order valence-corrected chi connectivity index (χ4v) is 6.35. The van der Waals surface area contributed by atoms with Gasteiger partial charge in [0.1, 0.15) is 0 Å². The maximum atomic E-state index is 6.06. The second-order valence-electron chi connectivity index (χ2n) is 12.2. The molecule has 0 bridgehead atoms. The summed E-state index contributed by atoms with van der Waals surface area (Å²) in [6.07, 6.45) is 8.19. The van der Waals surface area contributed by atoms with Gasteiger partial charge in [0.15, 0.2) is 0 Å². The summed E-state index contributed by atoms with van der Waals surface area (Å²) in [4.78, 5) is 0. The molecule has 0 amide bonds. The van der Waals surface area contributed by atoms with Crippen LogP contribution in [-0.4, -0.2) is 39.5 Å². The van der Waals surface area contributed by atoms with Crippen molar-refractivity contribution in [3.63, 3.8) is 0 Å². The molecule has 2 saturated carbocycles. The molecule has 0 aromatic carbocycles. The lowest BCUT2D eigenvalue weighted by Gasteiger charge is -2.45. The van der Waals surface area contributed by atoms with Gasteiger partial charge in [-0.05, 0) is 60.2 Å².